The van der Waals surface area contributed by atoms with Crippen LogP contribution in [0.25, 0.3) is 0 Å². The fraction of sp³-hybridized carbons (Fsp3) is 0.308. The largest absolute Gasteiger partial charge is 0.369 e. The summed E-state index contributed by atoms with van der Waals surface area (Å²) >= 11 is 24.2. The van der Waals surface area contributed by atoms with Crippen LogP contribution in [0.5, 0.6) is 0 Å². The van der Waals surface area contributed by atoms with Gasteiger partial charge in [-0.15, -0.1) is 0 Å². The number of halogens is 4. The molecule has 192 valence electrons. The quantitative estimate of drug-likeness (QED) is 0.258. The molecule has 4 rings (SSSR count). The van der Waals surface area contributed by atoms with Crippen LogP contribution < -0.4 is 0 Å². The molecule has 0 radical (unpaired) electrons. The molecule has 0 spiro atoms. The summed E-state index contributed by atoms with van der Waals surface area (Å²) < 4.78 is 33.8. The monoisotopic (exact) mass is 586 g/mol. The van der Waals surface area contributed by atoms with Crippen molar-refractivity contribution in [3.63, 3.8) is 0 Å². The van der Waals surface area contributed by atoms with Gasteiger partial charge in [-0.1, -0.05) is 70.7 Å². The van der Waals surface area contributed by atoms with Gasteiger partial charge in [0.05, 0.1) is 5.02 Å². The maximum absolute atomic E-state index is 13.0. The Bertz CT molecular complexity index is 1220. The number of nitrogens with zero attached hydrogens (tertiary/aromatic N) is 2. The van der Waals surface area contributed by atoms with Gasteiger partial charge in [0.25, 0.3) is 0 Å². The second-order valence-corrected chi connectivity index (χ2v) is 12.2. The lowest BCUT2D eigenvalue weighted by molar-refractivity contribution is 0.0686. The third-order valence-corrected chi connectivity index (χ3v) is 9.21. The van der Waals surface area contributed by atoms with E-state index in [1.54, 1.807) is 0 Å². The Morgan fingerprint density at radius 3 is 1.81 bits per heavy atom. The Labute approximate surface area is 232 Å². The maximum Gasteiger partial charge on any atom is 0.244 e. The molecule has 0 aliphatic carbocycles. The first-order valence-corrected chi connectivity index (χ1v) is 14.5. The van der Waals surface area contributed by atoms with Crippen LogP contribution in [-0.2, 0) is 14.8 Å². The van der Waals surface area contributed by atoms with Gasteiger partial charge >= 0.3 is 0 Å². The summed E-state index contributed by atoms with van der Waals surface area (Å²) in [5.41, 5.74) is 2.03. The zero-order valence-electron chi connectivity index (χ0n) is 19.4. The molecule has 10 heteroatoms. The van der Waals surface area contributed by atoms with Gasteiger partial charge < -0.3 is 9.64 Å². The predicted octanol–water partition coefficient (Wildman–Crippen LogP) is 6.80. The van der Waals surface area contributed by atoms with Crippen molar-refractivity contribution in [2.24, 2.45) is 0 Å². The van der Waals surface area contributed by atoms with Crippen molar-refractivity contribution < 1.29 is 13.2 Å². The molecule has 3 aromatic rings. The topological polar surface area (TPSA) is 49.9 Å². The molecular formula is C26H26Cl4N2O3S. The van der Waals surface area contributed by atoms with Crippen LogP contribution in [0.15, 0.2) is 71.6 Å². The van der Waals surface area contributed by atoms with Crippen LogP contribution in [0.2, 0.25) is 20.1 Å². The van der Waals surface area contributed by atoms with E-state index in [0.717, 1.165) is 24.1 Å². The second-order valence-electron chi connectivity index (χ2n) is 8.53. The number of hydrogen-bond donors (Lipinski definition) is 0. The highest BCUT2D eigenvalue weighted by atomic mass is 35.5. The number of sulfonamides is 1. The molecule has 0 amide bonds. The van der Waals surface area contributed by atoms with E-state index in [0.29, 0.717) is 47.9 Å². The van der Waals surface area contributed by atoms with Crippen LogP contribution in [0.3, 0.4) is 0 Å². The van der Waals surface area contributed by atoms with Gasteiger partial charge in [0.2, 0.25) is 10.0 Å². The summed E-state index contributed by atoms with van der Waals surface area (Å²) in [7, 11) is -3.66. The van der Waals surface area contributed by atoms with Gasteiger partial charge in [-0.05, 0) is 60.0 Å². The van der Waals surface area contributed by atoms with Crippen molar-refractivity contribution in [2.45, 2.75) is 17.4 Å². The Morgan fingerprint density at radius 1 is 0.750 bits per heavy atom. The van der Waals surface area contributed by atoms with E-state index >= 15 is 0 Å². The van der Waals surface area contributed by atoms with Crippen molar-refractivity contribution in [1.29, 1.82) is 0 Å². The summed E-state index contributed by atoms with van der Waals surface area (Å²) in [4.78, 5) is 2.34. The van der Waals surface area contributed by atoms with Crippen molar-refractivity contribution in [3.8, 4) is 0 Å². The highest BCUT2D eigenvalue weighted by Gasteiger charge is 2.30. The van der Waals surface area contributed by atoms with Gasteiger partial charge in [0.1, 0.15) is 11.0 Å². The van der Waals surface area contributed by atoms with Crippen LogP contribution in [-0.4, -0.2) is 57.0 Å². The highest BCUT2D eigenvalue weighted by Crippen LogP contribution is 2.29. The number of benzene rings is 3. The van der Waals surface area contributed by atoms with E-state index in [1.807, 2.05) is 48.5 Å². The maximum atomic E-state index is 13.0. The van der Waals surface area contributed by atoms with Gasteiger partial charge in [-0.3, -0.25) is 0 Å². The van der Waals surface area contributed by atoms with E-state index < -0.39 is 10.0 Å². The summed E-state index contributed by atoms with van der Waals surface area (Å²) in [5, 5.41) is 1.89. The first-order chi connectivity index (χ1) is 17.2. The lowest BCUT2D eigenvalue weighted by Crippen LogP contribution is -2.48. The summed E-state index contributed by atoms with van der Waals surface area (Å²) in [6.45, 7) is 3.45. The lowest BCUT2D eigenvalue weighted by atomic mass is 10.0. The van der Waals surface area contributed by atoms with Crippen molar-refractivity contribution in [1.82, 2.24) is 9.21 Å². The molecule has 1 saturated heterocycles. The second kappa shape index (κ2) is 12.5. The number of piperazine rings is 1. The first kappa shape index (κ1) is 27.7. The van der Waals surface area contributed by atoms with Crippen LogP contribution in [0.1, 0.15) is 23.7 Å². The van der Waals surface area contributed by atoms with Gasteiger partial charge in [0, 0.05) is 54.4 Å². The van der Waals surface area contributed by atoms with Crippen LogP contribution in [0, 0.1) is 0 Å². The average Bonchev–Trinajstić information content (AvgIpc) is 2.86. The minimum absolute atomic E-state index is 0.0888. The van der Waals surface area contributed by atoms with Gasteiger partial charge in [-0.25, -0.2) is 8.42 Å². The molecule has 0 N–H and O–H groups in total. The highest BCUT2D eigenvalue weighted by molar-refractivity contribution is 7.89. The molecule has 1 heterocycles. The molecule has 36 heavy (non-hydrogen) atoms. The van der Waals surface area contributed by atoms with E-state index in [2.05, 4.69) is 4.90 Å². The minimum Gasteiger partial charge on any atom is -0.369 e. The Hall–Kier alpha value is -1.35. The molecule has 1 fully saturated rings. The molecular weight excluding hydrogens is 562 g/mol. The fourth-order valence-electron chi connectivity index (χ4n) is 4.17. The SMILES string of the molecule is O=S(=O)(c1ccc(Cl)cc1Cl)N1CCN(CCCOC(c2ccc(Cl)cc2)c2ccc(Cl)cc2)CC1. The smallest absolute Gasteiger partial charge is 0.244 e. The molecule has 3 aromatic carbocycles. The molecule has 0 unspecified atom stereocenters. The number of ether oxygens (including phenoxy) is 1. The number of rotatable bonds is 9. The molecule has 0 atom stereocenters. The average molecular weight is 588 g/mol. The molecule has 1 aliphatic rings. The Morgan fingerprint density at radius 2 is 1.28 bits per heavy atom. The first-order valence-electron chi connectivity index (χ1n) is 11.5. The van der Waals surface area contributed by atoms with Crippen molar-refractivity contribution in [3.05, 3.63) is 97.9 Å². The van der Waals surface area contributed by atoms with Gasteiger partial charge in [0.15, 0.2) is 0 Å². The van der Waals surface area contributed by atoms with E-state index in [-0.39, 0.29) is 16.0 Å². The summed E-state index contributed by atoms with van der Waals surface area (Å²) in [5.74, 6) is 0. The van der Waals surface area contributed by atoms with E-state index in [1.165, 1.54) is 22.5 Å². The predicted molar refractivity (Wildman–Crippen MR) is 147 cm³/mol. The minimum atomic E-state index is -3.66. The van der Waals surface area contributed by atoms with Crippen LogP contribution >= 0.6 is 46.4 Å². The van der Waals surface area contributed by atoms with Crippen LogP contribution in [0.4, 0.5) is 0 Å². The lowest BCUT2D eigenvalue weighted by Gasteiger charge is -2.34. The van der Waals surface area contributed by atoms with Crippen molar-refractivity contribution in [2.75, 3.05) is 39.3 Å². The molecule has 1 aliphatic heterocycles. The zero-order valence-corrected chi connectivity index (χ0v) is 23.3. The van der Waals surface area contributed by atoms with E-state index in [9.17, 15) is 8.42 Å². The molecule has 0 bridgehead atoms. The number of hydrogen-bond acceptors (Lipinski definition) is 4. The summed E-state index contributed by atoms with van der Waals surface area (Å²) in [6, 6.07) is 19.7. The Balaban J connectivity index is 1.30. The fourth-order valence-corrected chi connectivity index (χ4v) is 6.59. The standard InChI is InChI=1S/C26H26Cl4N2O3S/c27-21-6-2-19(3-7-21)26(20-4-8-22(28)9-5-20)35-17-1-12-31-13-15-32(16-14-31)36(33,34)25-11-10-23(29)18-24(25)30/h2-11,18,26H,1,12-17H2. The Kier molecular flexibility index (Phi) is 9.58. The van der Waals surface area contributed by atoms with Crippen molar-refractivity contribution >= 4 is 56.4 Å². The molecule has 0 saturated carbocycles. The zero-order chi connectivity index (χ0) is 25.7. The third-order valence-electron chi connectivity index (χ3n) is 6.09. The summed E-state index contributed by atoms with van der Waals surface area (Å²) in [6.07, 6.45) is 0.582. The third kappa shape index (κ3) is 6.94. The molecule has 0 aromatic heterocycles. The normalized spacial score (nSPS) is 15.5. The van der Waals surface area contributed by atoms with Gasteiger partial charge in [-0.2, -0.15) is 4.31 Å². The molecule has 5 nitrogen and oxygen atoms in total. The van der Waals surface area contributed by atoms with E-state index in [4.69, 9.17) is 51.1 Å².